The molecule has 9 heteroatoms. The standard InChI is InChI=1S/C23H28AsBrN2O5/c1-11-9-12-15-14(25)10-13(24-20(28)32-23(5,6)7)17(31-8)16(15)27(21(29)30)19(12)26-18(11)22(2,3)4/h9-10,24H,1-8H3,(H,29,30). The van der Waals surface area contributed by atoms with Crippen LogP contribution in [0, 0.1) is 6.92 Å². The van der Waals surface area contributed by atoms with Gasteiger partial charge in [0.05, 0.1) is 0 Å². The topological polar surface area (TPSA) is 90.7 Å². The number of carboxylic acid groups (broad SMARTS) is 1. The van der Waals surface area contributed by atoms with Gasteiger partial charge in [0.15, 0.2) is 0 Å². The van der Waals surface area contributed by atoms with Crippen molar-refractivity contribution in [2.45, 2.75) is 59.5 Å². The molecule has 0 spiro atoms. The quantitative estimate of drug-likeness (QED) is 0.444. The van der Waals surface area contributed by atoms with Crippen LogP contribution in [0.15, 0.2) is 16.6 Å². The van der Waals surface area contributed by atoms with Crippen LogP contribution in [0.4, 0.5) is 9.59 Å². The number of hydrogen-bond acceptors (Lipinski definition) is 5. The zero-order valence-electron chi connectivity index (χ0n) is 19.5. The van der Waals surface area contributed by atoms with Crippen molar-refractivity contribution in [3.05, 3.63) is 27.9 Å². The molecular weight excluding hydrogens is 539 g/mol. The summed E-state index contributed by atoms with van der Waals surface area (Å²) >= 11 is 2.18. The van der Waals surface area contributed by atoms with Crippen LogP contribution >= 0.6 is 15.9 Å². The molecule has 0 aliphatic heterocycles. The minimum atomic E-state index is -1.42. The molecule has 1 atom stereocenters. The number of halogens is 1. The number of fused-ring (bicyclic) bond motifs is 3. The Balaban J connectivity index is 2.40. The van der Waals surface area contributed by atoms with Gasteiger partial charge in [-0.1, -0.05) is 0 Å². The number of rotatable bonds is 3. The van der Waals surface area contributed by atoms with Crippen LogP contribution in [-0.2, 0) is 10.2 Å². The van der Waals surface area contributed by atoms with Crippen molar-refractivity contribution < 1.29 is 24.2 Å². The molecule has 0 aliphatic rings. The van der Waals surface area contributed by atoms with Crippen molar-refractivity contribution in [3.8, 4) is 5.75 Å². The molecular formula is C23H28AsBrN2O5. The molecule has 0 saturated heterocycles. The van der Waals surface area contributed by atoms with Crippen molar-refractivity contribution in [3.63, 3.8) is 0 Å². The number of hydrogen-bond donors (Lipinski definition) is 1. The summed E-state index contributed by atoms with van der Waals surface area (Å²) in [6.45, 7) is 13.6. The molecule has 1 unspecified atom stereocenters. The molecule has 0 fully saturated rings. The fraction of sp³-hybridized carbons (Fsp3) is 0.435. The van der Waals surface area contributed by atoms with Crippen molar-refractivity contribution in [1.82, 2.24) is 9.55 Å². The van der Waals surface area contributed by atoms with Gasteiger partial charge in [-0.05, 0) is 0 Å². The van der Waals surface area contributed by atoms with Gasteiger partial charge >= 0.3 is 203 Å². The maximum absolute atomic E-state index is 12.6. The average molecular weight is 567 g/mol. The summed E-state index contributed by atoms with van der Waals surface area (Å²) < 4.78 is 13.4. The first-order valence-electron chi connectivity index (χ1n) is 10.1. The summed E-state index contributed by atoms with van der Waals surface area (Å²) in [5, 5.41) is 11.5. The Bertz CT molecular complexity index is 1250. The predicted octanol–water partition coefficient (Wildman–Crippen LogP) is 5.09. The van der Waals surface area contributed by atoms with E-state index in [1.807, 2.05) is 60.6 Å². The van der Waals surface area contributed by atoms with Crippen LogP contribution in [0.5, 0.6) is 5.75 Å². The van der Waals surface area contributed by atoms with Crippen LogP contribution in [-0.4, -0.2) is 54.0 Å². The van der Waals surface area contributed by atoms with Gasteiger partial charge in [0.25, 0.3) is 0 Å². The van der Waals surface area contributed by atoms with Gasteiger partial charge in [0.2, 0.25) is 0 Å². The van der Waals surface area contributed by atoms with Gasteiger partial charge in [0.1, 0.15) is 0 Å². The van der Waals surface area contributed by atoms with E-state index in [1.54, 1.807) is 0 Å². The second kappa shape index (κ2) is 8.38. The molecule has 2 heterocycles. The first-order valence-corrected chi connectivity index (χ1v) is 13.0. The molecule has 0 radical (unpaired) electrons. The predicted molar refractivity (Wildman–Crippen MR) is 131 cm³/mol. The Kier molecular flexibility index (Phi) is 6.44. The molecule has 0 amide bonds. The van der Waals surface area contributed by atoms with E-state index in [4.69, 9.17) is 14.5 Å². The zero-order chi connectivity index (χ0) is 24.2. The monoisotopic (exact) mass is 566 g/mol. The fourth-order valence-electron chi connectivity index (χ4n) is 3.81. The Morgan fingerprint density at radius 1 is 1.16 bits per heavy atom. The Hall–Kier alpha value is -2.05. The number of pyridine rings is 1. The number of carbonyl (C=O) groups is 2. The first-order chi connectivity index (χ1) is 14.7. The average Bonchev–Trinajstić information content (AvgIpc) is 2.93. The fourth-order valence-corrected chi connectivity index (χ4v) is 7.25. The van der Waals surface area contributed by atoms with E-state index in [-0.39, 0.29) is 10.2 Å². The van der Waals surface area contributed by atoms with Crippen molar-refractivity contribution in [2.24, 2.45) is 0 Å². The molecule has 172 valence electrons. The van der Waals surface area contributed by atoms with E-state index < -0.39 is 27.4 Å². The van der Waals surface area contributed by atoms with E-state index in [2.05, 4.69) is 15.9 Å². The second-order valence-electron chi connectivity index (χ2n) is 9.68. The molecule has 3 aromatic rings. The molecule has 1 aromatic carbocycles. The Labute approximate surface area is 202 Å². The summed E-state index contributed by atoms with van der Waals surface area (Å²) in [7, 11) is 1.48. The minimum absolute atomic E-state index is 0.256. The van der Waals surface area contributed by atoms with Gasteiger partial charge in [-0.15, -0.1) is 0 Å². The van der Waals surface area contributed by atoms with Gasteiger partial charge in [-0.2, -0.15) is 0 Å². The number of ether oxygens (including phenoxy) is 2. The summed E-state index contributed by atoms with van der Waals surface area (Å²) in [5.74, 6) is 0.365. The van der Waals surface area contributed by atoms with Crippen molar-refractivity contribution in [1.29, 1.82) is 0 Å². The summed E-state index contributed by atoms with van der Waals surface area (Å²) in [6.07, 6.45) is -1.17. The van der Waals surface area contributed by atoms with E-state index in [1.165, 1.54) is 7.11 Å². The van der Waals surface area contributed by atoms with Crippen molar-refractivity contribution in [2.75, 3.05) is 7.11 Å². The number of aromatic nitrogens is 2. The summed E-state index contributed by atoms with van der Waals surface area (Å²) in [5.41, 5.74) is 1.67. The molecule has 32 heavy (non-hydrogen) atoms. The number of methoxy groups -OCH3 is 1. The van der Waals surface area contributed by atoms with E-state index >= 15 is 0 Å². The van der Waals surface area contributed by atoms with Crippen molar-refractivity contribution >= 4 is 68.8 Å². The number of benzene rings is 1. The van der Waals surface area contributed by atoms with Gasteiger partial charge in [-0.25, -0.2) is 0 Å². The van der Waals surface area contributed by atoms with Gasteiger partial charge in [0, 0.05) is 0 Å². The number of carbonyl (C=O) groups excluding carboxylic acids is 1. The molecule has 3 rings (SSSR count). The second-order valence-corrected chi connectivity index (χ2v) is 13.0. The molecule has 0 bridgehead atoms. The maximum atomic E-state index is 12.6. The first kappa shape index (κ1) is 24.6. The molecule has 0 aliphatic carbocycles. The number of aryl methyl sites for hydroxylation is 1. The van der Waals surface area contributed by atoms with E-state index in [9.17, 15) is 14.7 Å². The van der Waals surface area contributed by atoms with Crippen LogP contribution in [0.2, 0.25) is 0 Å². The Morgan fingerprint density at radius 2 is 1.78 bits per heavy atom. The van der Waals surface area contributed by atoms with Crippen LogP contribution in [0.25, 0.3) is 21.9 Å². The SMILES string of the molecule is COc1c([AsH]C(=O)OC(C)(C)C)cc(Br)c2c3cc(C)c(C(C)(C)C)nc3n(C(=O)O)c12. The third-order valence-electron chi connectivity index (χ3n) is 4.85. The molecule has 2 aromatic heterocycles. The van der Waals surface area contributed by atoms with Crippen LogP contribution in [0.1, 0.15) is 52.8 Å². The number of nitrogens with zero attached hydrogens (tertiary/aromatic N) is 2. The third-order valence-corrected chi connectivity index (χ3v) is 7.46. The van der Waals surface area contributed by atoms with E-state index in [0.29, 0.717) is 36.5 Å². The molecule has 0 saturated carbocycles. The molecule has 7 nitrogen and oxygen atoms in total. The Morgan fingerprint density at radius 3 is 2.28 bits per heavy atom. The van der Waals surface area contributed by atoms with Crippen LogP contribution in [0.3, 0.4) is 0 Å². The van der Waals surface area contributed by atoms with Gasteiger partial charge in [-0.3, -0.25) is 0 Å². The third kappa shape index (κ3) is 4.53. The normalized spacial score (nSPS) is 12.8. The van der Waals surface area contributed by atoms with Gasteiger partial charge < -0.3 is 0 Å². The zero-order valence-corrected chi connectivity index (χ0v) is 23.2. The summed E-state index contributed by atoms with van der Waals surface area (Å²) in [6, 6.07) is 3.81. The summed E-state index contributed by atoms with van der Waals surface area (Å²) in [4.78, 5) is 29.8. The molecule has 1 N–H and O–H groups in total. The van der Waals surface area contributed by atoms with Crippen LogP contribution < -0.4 is 9.09 Å². The van der Waals surface area contributed by atoms with E-state index in [0.717, 1.165) is 15.8 Å².